The van der Waals surface area contributed by atoms with Gasteiger partial charge in [0.1, 0.15) is 5.01 Å². The third-order valence-electron chi connectivity index (χ3n) is 5.33. The Morgan fingerprint density at radius 2 is 1.96 bits per heavy atom. The van der Waals surface area contributed by atoms with Gasteiger partial charge in [0.15, 0.2) is 0 Å². The van der Waals surface area contributed by atoms with Crippen molar-refractivity contribution in [3.8, 4) is 9.88 Å². The van der Waals surface area contributed by atoms with Gasteiger partial charge in [0, 0.05) is 17.5 Å². The number of nitrogens with two attached hydrogens (primary N) is 1. The molecule has 0 radical (unpaired) electrons. The molecule has 144 valence electrons. The molecular weight excluding hydrogens is 409 g/mol. The maximum atomic E-state index is 12.5. The van der Waals surface area contributed by atoms with Crippen molar-refractivity contribution in [3.63, 3.8) is 0 Å². The maximum Gasteiger partial charge on any atom is 0.226 e. The van der Waals surface area contributed by atoms with Crippen LogP contribution < -0.4 is 11.1 Å². The van der Waals surface area contributed by atoms with Crippen molar-refractivity contribution in [2.45, 2.75) is 50.6 Å². The van der Waals surface area contributed by atoms with E-state index in [1.807, 2.05) is 11.4 Å². The van der Waals surface area contributed by atoms with E-state index in [1.165, 1.54) is 24.1 Å². The Hall–Kier alpha value is -0.660. The summed E-state index contributed by atoms with van der Waals surface area (Å²) in [6, 6.07) is 4.74. The summed E-state index contributed by atoms with van der Waals surface area (Å²) in [7, 11) is 0. The van der Waals surface area contributed by atoms with Gasteiger partial charge < -0.3 is 11.1 Å². The van der Waals surface area contributed by atoms with Crippen LogP contribution in [0.3, 0.4) is 0 Å². The van der Waals surface area contributed by atoms with Crippen LogP contribution >= 0.6 is 47.5 Å². The highest BCUT2D eigenvalue weighted by molar-refractivity contribution is 7.20. The van der Waals surface area contributed by atoms with Gasteiger partial charge in [0.2, 0.25) is 5.91 Å². The monoisotopic (exact) mass is 433 g/mol. The fourth-order valence-electron chi connectivity index (χ4n) is 4.33. The molecule has 0 spiro atoms. The maximum absolute atomic E-state index is 12.5. The fraction of sp³-hybridized carbons (Fsp3) is 0.556. The molecule has 3 N–H and O–H groups in total. The van der Waals surface area contributed by atoms with Crippen LogP contribution in [0.15, 0.2) is 22.9 Å². The molecule has 0 saturated heterocycles. The smallest absolute Gasteiger partial charge is 0.226 e. The normalized spacial score (nSPS) is 27.1. The average molecular weight is 434 g/mol. The first-order valence-electron chi connectivity index (χ1n) is 8.72. The largest absolute Gasteiger partial charge is 0.352 e. The highest BCUT2D eigenvalue weighted by Gasteiger charge is 2.39. The molecule has 26 heavy (non-hydrogen) atoms. The predicted octanol–water partition coefficient (Wildman–Crippen LogP) is 4.28. The van der Waals surface area contributed by atoms with Gasteiger partial charge in [-0.25, -0.2) is 4.98 Å². The van der Waals surface area contributed by atoms with Crippen LogP contribution in [0.2, 0.25) is 0 Å². The highest BCUT2D eigenvalue weighted by atomic mass is 35.5. The van der Waals surface area contributed by atoms with Gasteiger partial charge in [-0.05, 0) is 49.0 Å². The van der Waals surface area contributed by atoms with E-state index in [2.05, 4.69) is 21.7 Å². The number of nitrogens with zero attached hydrogens (tertiary/aromatic N) is 1. The van der Waals surface area contributed by atoms with Crippen molar-refractivity contribution in [2.75, 3.05) is 0 Å². The van der Waals surface area contributed by atoms with E-state index in [4.69, 9.17) is 5.73 Å². The third kappa shape index (κ3) is 4.78. The number of amides is 1. The number of halogens is 2. The van der Waals surface area contributed by atoms with Crippen LogP contribution in [0.1, 0.15) is 37.8 Å². The summed E-state index contributed by atoms with van der Waals surface area (Å²) in [6.45, 7) is 0. The summed E-state index contributed by atoms with van der Waals surface area (Å²) < 4.78 is 0. The van der Waals surface area contributed by atoms with E-state index in [0.29, 0.717) is 30.3 Å². The molecule has 0 aromatic carbocycles. The number of thiophene rings is 1. The Morgan fingerprint density at radius 1 is 1.23 bits per heavy atom. The molecule has 2 aromatic heterocycles. The summed E-state index contributed by atoms with van der Waals surface area (Å²) in [5.74, 6) is 1.23. The van der Waals surface area contributed by atoms with Crippen molar-refractivity contribution in [3.05, 3.63) is 28.6 Å². The average Bonchev–Trinajstić information content (AvgIpc) is 3.19. The first kappa shape index (κ1) is 21.6. The lowest BCUT2D eigenvalue weighted by Crippen LogP contribution is -2.54. The van der Waals surface area contributed by atoms with Crippen LogP contribution in [0.5, 0.6) is 0 Å². The van der Waals surface area contributed by atoms with Crippen LogP contribution in [0, 0.1) is 11.8 Å². The predicted molar refractivity (Wildman–Crippen MR) is 114 cm³/mol. The number of hydrogen-bond acceptors (Lipinski definition) is 5. The molecule has 2 unspecified atom stereocenters. The van der Waals surface area contributed by atoms with Gasteiger partial charge in [-0.3, -0.25) is 4.79 Å². The van der Waals surface area contributed by atoms with Gasteiger partial charge >= 0.3 is 0 Å². The highest BCUT2D eigenvalue weighted by Crippen LogP contribution is 2.39. The van der Waals surface area contributed by atoms with Crippen LogP contribution in [0.25, 0.3) is 9.88 Å². The van der Waals surface area contributed by atoms with Gasteiger partial charge in [-0.2, -0.15) is 0 Å². The zero-order chi connectivity index (χ0) is 16.5. The number of fused-ring (bicyclic) bond motifs is 2. The van der Waals surface area contributed by atoms with E-state index in [-0.39, 0.29) is 30.7 Å². The molecule has 1 amide bonds. The second-order valence-corrected chi connectivity index (χ2v) is 8.88. The summed E-state index contributed by atoms with van der Waals surface area (Å²) in [5.41, 5.74) is 7.04. The minimum absolute atomic E-state index is 0. The first-order chi connectivity index (χ1) is 11.7. The minimum Gasteiger partial charge on any atom is -0.352 e. The molecule has 2 fully saturated rings. The Labute approximate surface area is 174 Å². The molecule has 2 aliphatic rings. The Balaban J connectivity index is 0.00000121. The molecule has 2 saturated carbocycles. The van der Waals surface area contributed by atoms with Crippen LogP contribution in [-0.2, 0) is 11.2 Å². The number of nitrogens with one attached hydrogen (secondary N) is 1. The summed E-state index contributed by atoms with van der Waals surface area (Å²) in [4.78, 5) is 18.3. The molecule has 0 aliphatic heterocycles. The van der Waals surface area contributed by atoms with Crippen LogP contribution in [0.4, 0.5) is 0 Å². The molecule has 2 aliphatic carbocycles. The number of carbonyl (C=O) groups is 1. The molecule has 2 heterocycles. The zero-order valence-corrected chi connectivity index (χ0v) is 17.7. The third-order valence-corrected chi connectivity index (χ3v) is 7.26. The van der Waals surface area contributed by atoms with Crippen molar-refractivity contribution in [1.82, 2.24) is 10.3 Å². The summed E-state index contributed by atoms with van der Waals surface area (Å²) >= 11 is 3.30. The van der Waals surface area contributed by atoms with Gasteiger partial charge in [-0.1, -0.05) is 12.5 Å². The molecular formula is C18H25Cl2N3OS2. The van der Waals surface area contributed by atoms with Crippen molar-refractivity contribution in [2.24, 2.45) is 17.6 Å². The van der Waals surface area contributed by atoms with Crippen LogP contribution in [-0.4, -0.2) is 23.0 Å². The quantitative estimate of drug-likeness (QED) is 0.755. The lowest BCUT2D eigenvalue weighted by molar-refractivity contribution is -0.122. The van der Waals surface area contributed by atoms with E-state index in [1.54, 1.807) is 22.7 Å². The number of rotatable bonds is 4. The van der Waals surface area contributed by atoms with Crippen molar-refractivity contribution >= 4 is 53.4 Å². The molecule has 2 atom stereocenters. The number of thiazole rings is 1. The molecule has 2 bridgehead atoms. The van der Waals surface area contributed by atoms with E-state index < -0.39 is 0 Å². The Kier molecular flexibility index (Phi) is 7.91. The van der Waals surface area contributed by atoms with Gasteiger partial charge in [0.25, 0.3) is 0 Å². The van der Waals surface area contributed by atoms with E-state index in [0.717, 1.165) is 23.5 Å². The Morgan fingerprint density at radius 3 is 2.62 bits per heavy atom. The van der Waals surface area contributed by atoms with E-state index >= 15 is 0 Å². The topological polar surface area (TPSA) is 68.0 Å². The minimum atomic E-state index is 0. The summed E-state index contributed by atoms with van der Waals surface area (Å²) in [5, 5.41) is 8.37. The Bertz CT molecular complexity index is 693. The summed E-state index contributed by atoms with van der Waals surface area (Å²) in [6.07, 6.45) is 6.18. The van der Waals surface area contributed by atoms with Gasteiger partial charge in [-0.15, -0.1) is 47.5 Å². The standard InChI is InChI=1S/C18H23N3OS2.2ClH/c19-13-7-11-3-1-4-12(8-13)17(11)21-16(22)9-14-10-24-18(20-14)15-5-2-6-23-15;;/h2,5-6,10-13,17H,1,3-4,7-9,19H2,(H,21,22);2*1H. The zero-order valence-electron chi connectivity index (χ0n) is 14.4. The van der Waals surface area contributed by atoms with E-state index in [9.17, 15) is 4.79 Å². The van der Waals surface area contributed by atoms with Gasteiger partial charge in [0.05, 0.1) is 17.0 Å². The lowest BCUT2D eigenvalue weighted by atomic mass is 9.67. The second kappa shape index (κ2) is 9.51. The molecule has 2 aromatic rings. The molecule has 4 rings (SSSR count). The molecule has 8 heteroatoms. The fourth-order valence-corrected chi connectivity index (χ4v) is 5.96. The molecule has 4 nitrogen and oxygen atoms in total. The first-order valence-corrected chi connectivity index (χ1v) is 10.5. The number of aromatic nitrogens is 1. The van der Waals surface area contributed by atoms with Crippen molar-refractivity contribution < 1.29 is 4.79 Å². The lowest BCUT2D eigenvalue weighted by Gasteiger charge is -2.45. The SMILES string of the molecule is Cl.Cl.NC1CC2CCCC(C1)C2NC(=O)Cc1csc(-c2cccs2)n1. The number of carbonyl (C=O) groups excluding carboxylic acids is 1. The number of hydrogen-bond donors (Lipinski definition) is 2. The second-order valence-electron chi connectivity index (χ2n) is 7.07. The van der Waals surface area contributed by atoms with Crippen molar-refractivity contribution in [1.29, 1.82) is 0 Å².